The van der Waals surface area contributed by atoms with Gasteiger partial charge < -0.3 is 10.3 Å². The van der Waals surface area contributed by atoms with E-state index in [1.165, 1.54) is 0 Å². The number of aromatic amines is 1. The molecule has 0 bridgehead atoms. The molecule has 2 aromatic carbocycles. The largest absolute Gasteiger partial charge is 0.361 e. The highest BCUT2D eigenvalue weighted by Gasteiger charge is 2.06. The van der Waals surface area contributed by atoms with Crippen molar-refractivity contribution in [1.82, 2.24) is 10.3 Å². The minimum absolute atomic E-state index is 0.0491. The number of H-pyrrole nitrogens is 1. The summed E-state index contributed by atoms with van der Waals surface area (Å²) in [7, 11) is 0. The minimum atomic E-state index is -0.0491. The SMILES string of the molecule is O=C(NCc1ccccc1)c1ccc2[nH]ccc2c1. The van der Waals surface area contributed by atoms with Gasteiger partial charge in [-0.3, -0.25) is 4.79 Å². The lowest BCUT2D eigenvalue weighted by molar-refractivity contribution is 0.0951. The highest BCUT2D eigenvalue weighted by Crippen LogP contribution is 2.14. The van der Waals surface area contributed by atoms with Crippen molar-refractivity contribution in [3.05, 3.63) is 71.9 Å². The molecule has 0 atom stereocenters. The van der Waals surface area contributed by atoms with Crippen LogP contribution in [0.25, 0.3) is 10.9 Å². The lowest BCUT2D eigenvalue weighted by atomic mass is 10.1. The van der Waals surface area contributed by atoms with Crippen LogP contribution in [0.1, 0.15) is 15.9 Å². The van der Waals surface area contributed by atoms with Crippen LogP contribution in [0.2, 0.25) is 0 Å². The van der Waals surface area contributed by atoms with Crippen molar-refractivity contribution in [2.75, 3.05) is 0 Å². The van der Waals surface area contributed by atoms with Crippen LogP contribution in [0.15, 0.2) is 60.8 Å². The first-order valence-corrected chi connectivity index (χ1v) is 6.22. The highest BCUT2D eigenvalue weighted by molar-refractivity contribution is 5.98. The Kier molecular flexibility index (Phi) is 3.02. The molecule has 0 aliphatic heterocycles. The number of carbonyl (C=O) groups excluding carboxylic acids is 1. The molecule has 1 aromatic heterocycles. The van der Waals surface area contributed by atoms with Gasteiger partial charge in [0.2, 0.25) is 0 Å². The Hall–Kier alpha value is -2.55. The van der Waals surface area contributed by atoms with Crippen LogP contribution >= 0.6 is 0 Å². The van der Waals surface area contributed by atoms with Crippen molar-refractivity contribution in [3.63, 3.8) is 0 Å². The predicted octanol–water partition coefficient (Wildman–Crippen LogP) is 3.10. The predicted molar refractivity (Wildman–Crippen MR) is 75.9 cm³/mol. The molecule has 3 aromatic rings. The maximum absolute atomic E-state index is 12.1. The van der Waals surface area contributed by atoms with Crippen molar-refractivity contribution >= 4 is 16.8 Å². The molecule has 0 fully saturated rings. The molecule has 0 saturated carbocycles. The second-order valence-corrected chi connectivity index (χ2v) is 4.45. The molecule has 3 heteroatoms. The molecule has 0 unspecified atom stereocenters. The second-order valence-electron chi connectivity index (χ2n) is 4.45. The number of hydrogen-bond acceptors (Lipinski definition) is 1. The number of benzene rings is 2. The summed E-state index contributed by atoms with van der Waals surface area (Å²) in [5.74, 6) is -0.0491. The van der Waals surface area contributed by atoms with Gasteiger partial charge in [0.25, 0.3) is 5.91 Å². The number of fused-ring (bicyclic) bond motifs is 1. The maximum Gasteiger partial charge on any atom is 0.251 e. The van der Waals surface area contributed by atoms with Gasteiger partial charge in [0, 0.05) is 29.2 Å². The number of hydrogen-bond donors (Lipinski definition) is 2. The molecule has 3 nitrogen and oxygen atoms in total. The van der Waals surface area contributed by atoms with Gasteiger partial charge in [-0.15, -0.1) is 0 Å². The summed E-state index contributed by atoms with van der Waals surface area (Å²) in [5, 5.41) is 3.97. The van der Waals surface area contributed by atoms with E-state index in [0.29, 0.717) is 12.1 Å². The molecule has 0 saturated heterocycles. The molecule has 0 radical (unpaired) electrons. The van der Waals surface area contributed by atoms with Crippen LogP contribution in [-0.2, 0) is 6.54 Å². The molecule has 0 spiro atoms. The number of rotatable bonds is 3. The van der Waals surface area contributed by atoms with Gasteiger partial charge in [-0.1, -0.05) is 30.3 Å². The van der Waals surface area contributed by atoms with Gasteiger partial charge >= 0.3 is 0 Å². The number of amides is 1. The van der Waals surface area contributed by atoms with Crippen molar-refractivity contribution in [3.8, 4) is 0 Å². The van der Waals surface area contributed by atoms with Gasteiger partial charge in [-0.2, -0.15) is 0 Å². The minimum Gasteiger partial charge on any atom is -0.361 e. The molecule has 2 N–H and O–H groups in total. The summed E-state index contributed by atoms with van der Waals surface area (Å²) < 4.78 is 0. The molecule has 0 aliphatic rings. The molecule has 3 rings (SSSR count). The summed E-state index contributed by atoms with van der Waals surface area (Å²) in [6, 6.07) is 17.5. The van der Waals surface area contributed by atoms with E-state index in [4.69, 9.17) is 0 Å². The fourth-order valence-corrected chi connectivity index (χ4v) is 2.07. The third kappa shape index (κ3) is 2.50. The fourth-order valence-electron chi connectivity index (χ4n) is 2.07. The van der Waals surface area contributed by atoms with Crippen molar-refractivity contribution < 1.29 is 4.79 Å². The van der Waals surface area contributed by atoms with E-state index in [9.17, 15) is 4.79 Å². The van der Waals surface area contributed by atoms with Gasteiger partial charge in [-0.05, 0) is 29.8 Å². The zero-order chi connectivity index (χ0) is 13.1. The van der Waals surface area contributed by atoms with Gasteiger partial charge in [0.05, 0.1) is 0 Å². The van der Waals surface area contributed by atoms with Crippen LogP contribution in [0.3, 0.4) is 0 Å². The summed E-state index contributed by atoms with van der Waals surface area (Å²) in [6.45, 7) is 0.546. The lowest BCUT2D eigenvalue weighted by Crippen LogP contribution is -2.22. The van der Waals surface area contributed by atoms with Gasteiger partial charge in [0.1, 0.15) is 0 Å². The maximum atomic E-state index is 12.1. The smallest absolute Gasteiger partial charge is 0.251 e. The lowest BCUT2D eigenvalue weighted by Gasteiger charge is -2.05. The number of aromatic nitrogens is 1. The van der Waals surface area contributed by atoms with Gasteiger partial charge in [0.15, 0.2) is 0 Å². The Labute approximate surface area is 111 Å². The quantitative estimate of drug-likeness (QED) is 0.737. The molecule has 0 aliphatic carbocycles. The number of nitrogens with one attached hydrogen (secondary N) is 2. The second kappa shape index (κ2) is 4.98. The molecular formula is C16H14N2O. The average molecular weight is 250 g/mol. The fraction of sp³-hybridized carbons (Fsp3) is 0.0625. The first-order chi connectivity index (χ1) is 9.33. The van der Waals surface area contributed by atoms with E-state index in [1.807, 2.05) is 60.8 Å². The Morgan fingerprint density at radius 2 is 1.89 bits per heavy atom. The van der Waals surface area contributed by atoms with Crippen LogP contribution in [0.5, 0.6) is 0 Å². The van der Waals surface area contributed by atoms with Crippen LogP contribution < -0.4 is 5.32 Å². The Bertz CT molecular complexity index is 701. The summed E-state index contributed by atoms with van der Waals surface area (Å²) >= 11 is 0. The highest BCUT2D eigenvalue weighted by atomic mass is 16.1. The first kappa shape index (κ1) is 11.5. The summed E-state index contributed by atoms with van der Waals surface area (Å²) in [4.78, 5) is 15.2. The zero-order valence-corrected chi connectivity index (χ0v) is 10.4. The van der Waals surface area contributed by atoms with E-state index in [0.717, 1.165) is 16.5 Å². The zero-order valence-electron chi connectivity index (χ0n) is 10.4. The normalized spacial score (nSPS) is 10.5. The van der Waals surface area contributed by atoms with Crippen molar-refractivity contribution in [2.45, 2.75) is 6.54 Å². The van der Waals surface area contributed by atoms with E-state index in [-0.39, 0.29) is 5.91 Å². The van der Waals surface area contributed by atoms with E-state index >= 15 is 0 Å². The molecule has 94 valence electrons. The van der Waals surface area contributed by atoms with Gasteiger partial charge in [-0.25, -0.2) is 0 Å². The third-order valence-corrected chi connectivity index (χ3v) is 3.11. The van der Waals surface area contributed by atoms with Crippen LogP contribution in [0.4, 0.5) is 0 Å². The van der Waals surface area contributed by atoms with Crippen LogP contribution in [-0.4, -0.2) is 10.9 Å². The monoisotopic (exact) mass is 250 g/mol. The average Bonchev–Trinajstić information content (AvgIpc) is 2.93. The Morgan fingerprint density at radius 3 is 2.74 bits per heavy atom. The summed E-state index contributed by atoms with van der Waals surface area (Å²) in [6.07, 6.45) is 1.87. The molecule has 19 heavy (non-hydrogen) atoms. The molecule has 1 amide bonds. The van der Waals surface area contributed by atoms with Crippen LogP contribution in [0, 0.1) is 0 Å². The standard InChI is InChI=1S/C16H14N2O/c19-16(18-11-12-4-2-1-3-5-12)14-6-7-15-13(10-14)8-9-17-15/h1-10,17H,11H2,(H,18,19). The number of carbonyl (C=O) groups is 1. The first-order valence-electron chi connectivity index (χ1n) is 6.22. The van der Waals surface area contributed by atoms with Crippen molar-refractivity contribution in [2.24, 2.45) is 0 Å². The molecular weight excluding hydrogens is 236 g/mol. The topological polar surface area (TPSA) is 44.9 Å². The Morgan fingerprint density at radius 1 is 1.05 bits per heavy atom. The summed E-state index contributed by atoms with van der Waals surface area (Å²) in [5.41, 5.74) is 2.82. The van der Waals surface area contributed by atoms with E-state index in [1.54, 1.807) is 0 Å². The molecule has 1 heterocycles. The third-order valence-electron chi connectivity index (χ3n) is 3.11. The van der Waals surface area contributed by atoms with E-state index in [2.05, 4.69) is 10.3 Å². The van der Waals surface area contributed by atoms with E-state index < -0.39 is 0 Å². The van der Waals surface area contributed by atoms with Crippen molar-refractivity contribution in [1.29, 1.82) is 0 Å². The Balaban J connectivity index is 1.73.